The Hall–Kier alpha value is -2.56. The van der Waals surface area contributed by atoms with Crippen molar-refractivity contribution in [2.45, 2.75) is 6.92 Å². The van der Waals surface area contributed by atoms with E-state index in [1.807, 2.05) is 0 Å². The average molecular weight is 260 g/mol. The summed E-state index contributed by atoms with van der Waals surface area (Å²) in [5.41, 5.74) is 6.64. The number of anilines is 2. The Kier molecular flexibility index (Phi) is 3.37. The zero-order chi connectivity index (χ0) is 14.0. The van der Waals surface area contributed by atoms with Gasteiger partial charge in [0.2, 0.25) is 0 Å². The van der Waals surface area contributed by atoms with E-state index in [9.17, 15) is 14.3 Å². The SMILES string of the molecule is Cc1c(F)cccc1NC(=O)c1ccc(N)c(O)c1. The highest BCUT2D eigenvalue weighted by Gasteiger charge is 2.11. The molecule has 0 aromatic heterocycles. The molecule has 98 valence electrons. The first-order chi connectivity index (χ1) is 8.99. The summed E-state index contributed by atoms with van der Waals surface area (Å²) >= 11 is 0. The average Bonchev–Trinajstić information content (AvgIpc) is 2.38. The lowest BCUT2D eigenvalue weighted by atomic mass is 10.1. The highest BCUT2D eigenvalue weighted by molar-refractivity contribution is 6.05. The number of hydrogen-bond donors (Lipinski definition) is 3. The molecule has 0 saturated carbocycles. The summed E-state index contributed by atoms with van der Waals surface area (Å²) < 4.78 is 13.3. The number of phenolic OH excluding ortho intramolecular Hbond substituents is 1. The molecule has 4 N–H and O–H groups in total. The van der Waals surface area contributed by atoms with Gasteiger partial charge < -0.3 is 16.2 Å². The van der Waals surface area contributed by atoms with Gasteiger partial charge in [-0.05, 0) is 37.3 Å². The van der Waals surface area contributed by atoms with Gasteiger partial charge in [0.1, 0.15) is 11.6 Å². The number of hydrogen-bond acceptors (Lipinski definition) is 3. The monoisotopic (exact) mass is 260 g/mol. The van der Waals surface area contributed by atoms with E-state index in [4.69, 9.17) is 5.73 Å². The van der Waals surface area contributed by atoms with Crippen molar-refractivity contribution >= 4 is 17.3 Å². The molecule has 0 unspecified atom stereocenters. The van der Waals surface area contributed by atoms with Crippen LogP contribution in [0.15, 0.2) is 36.4 Å². The van der Waals surface area contributed by atoms with E-state index in [0.29, 0.717) is 11.3 Å². The number of carbonyl (C=O) groups excluding carboxylic acids is 1. The molecule has 0 spiro atoms. The third-order valence-electron chi connectivity index (χ3n) is 2.81. The van der Waals surface area contributed by atoms with Crippen molar-refractivity contribution in [2.75, 3.05) is 11.1 Å². The van der Waals surface area contributed by atoms with E-state index in [-0.39, 0.29) is 17.0 Å². The topological polar surface area (TPSA) is 75.4 Å². The molecule has 0 aliphatic carbocycles. The van der Waals surface area contributed by atoms with E-state index < -0.39 is 11.7 Å². The lowest BCUT2D eigenvalue weighted by Crippen LogP contribution is -2.13. The van der Waals surface area contributed by atoms with Gasteiger partial charge in [-0.1, -0.05) is 6.07 Å². The molecule has 0 fully saturated rings. The number of nitrogen functional groups attached to an aromatic ring is 1. The number of benzene rings is 2. The van der Waals surface area contributed by atoms with Crippen LogP contribution in [0.25, 0.3) is 0 Å². The van der Waals surface area contributed by atoms with Gasteiger partial charge in [0.05, 0.1) is 5.69 Å². The van der Waals surface area contributed by atoms with Gasteiger partial charge in [0, 0.05) is 16.8 Å². The smallest absolute Gasteiger partial charge is 0.255 e. The molecule has 1 amide bonds. The fourth-order valence-corrected chi connectivity index (χ4v) is 1.62. The summed E-state index contributed by atoms with van der Waals surface area (Å²) in [5.74, 6) is -0.995. The second kappa shape index (κ2) is 4.97. The molecule has 0 atom stereocenters. The van der Waals surface area contributed by atoms with Crippen LogP contribution in [-0.4, -0.2) is 11.0 Å². The van der Waals surface area contributed by atoms with E-state index in [2.05, 4.69) is 5.32 Å². The number of halogens is 1. The predicted molar refractivity (Wildman–Crippen MR) is 71.6 cm³/mol. The number of rotatable bonds is 2. The van der Waals surface area contributed by atoms with Crippen LogP contribution >= 0.6 is 0 Å². The molecule has 19 heavy (non-hydrogen) atoms. The summed E-state index contributed by atoms with van der Waals surface area (Å²) in [6.45, 7) is 1.57. The maximum atomic E-state index is 13.3. The van der Waals surface area contributed by atoms with Crippen LogP contribution in [0.3, 0.4) is 0 Å². The van der Waals surface area contributed by atoms with E-state index >= 15 is 0 Å². The van der Waals surface area contributed by atoms with Crippen LogP contribution in [0.4, 0.5) is 15.8 Å². The molecule has 2 rings (SSSR count). The Bertz CT molecular complexity index is 641. The Labute approximate surface area is 109 Å². The number of nitrogens with one attached hydrogen (secondary N) is 1. The van der Waals surface area contributed by atoms with Crippen molar-refractivity contribution in [2.24, 2.45) is 0 Å². The van der Waals surface area contributed by atoms with Gasteiger partial charge in [-0.2, -0.15) is 0 Å². The predicted octanol–water partition coefficient (Wildman–Crippen LogP) is 2.67. The normalized spacial score (nSPS) is 10.2. The van der Waals surface area contributed by atoms with Crippen LogP contribution in [0.2, 0.25) is 0 Å². The molecule has 0 aliphatic heterocycles. The molecular weight excluding hydrogens is 247 g/mol. The van der Waals surface area contributed by atoms with Crippen LogP contribution in [-0.2, 0) is 0 Å². The van der Waals surface area contributed by atoms with Crippen molar-refractivity contribution < 1.29 is 14.3 Å². The zero-order valence-electron chi connectivity index (χ0n) is 10.3. The van der Waals surface area contributed by atoms with Crippen molar-refractivity contribution in [3.8, 4) is 5.75 Å². The van der Waals surface area contributed by atoms with E-state index in [1.54, 1.807) is 13.0 Å². The quantitative estimate of drug-likeness (QED) is 0.574. The lowest BCUT2D eigenvalue weighted by molar-refractivity contribution is 0.102. The molecule has 2 aromatic rings. The molecule has 0 saturated heterocycles. The highest BCUT2D eigenvalue weighted by atomic mass is 19.1. The largest absolute Gasteiger partial charge is 0.506 e. The fraction of sp³-hybridized carbons (Fsp3) is 0.0714. The molecule has 4 nitrogen and oxygen atoms in total. The minimum Gasteiger partial charge on any atom is -0.506 e. The number of aromatic hydroxyl groups is 1. The molecule has 5 heteroatoms. The number of nitrogens with two attached hydrogens (primary N) is 1. The molecule has 0 radical (unpaired) electrons. The Morgan fingerprint density at radius 1 is 1.32 bits per heavy atom. The third kappa shape index (κ3) is 2.65. The van der Waals surface area contributed by atoms with Gasteiger partial charge >= 0.3 is 0 Å². The second-order valence-corrected chi connectivity index (χ2v) is 4.14. The number of amides is 1. The molecule has 2 aromatic carbocycles. The Balaban J connectivity index is 2.26. The van der Waals surface area contributed by atoms with E-state index in [1.165, 1.54) is 30.3 Å². The van der Waals surface area contributed by atoms with Crippen molar-refractivity contribution in [3.05, 3.63) is 53.3 Å². The van der Waals surface area contributed by atoms with Gasteiger partial charge in [-0.15, -0.1) is 0 Å². The van der Waals surface area contributed by atoms with Crippen LogP contribution in [0, 0.1) is 12.7 Å². The first kappa shape index (κ1) is 12.9. The van der Waals surface area contributed by atoms with Crippen LogP contribution < -0.4 is 11.1 Å². The summed E-state index contributed by atoms with van der Waals surface area (Å²) in [6.07, 6.45) is 0. The van der Waals surface area contributed by atoms with Gasteiger partial charge in [-0.25, -0.2) is 4.39 Å². The molecule has 0 bridgehead atoms. The lowest BCUT2D eigenvalue weighted by Gasteiger charge is -2.09. The standard InChI is InChI=1S/C14H13FN2O2/c1-8-10(15)3-2-4-12(8)17-14(19)9-5-6-11(16)13(18)7-9/h2-7,18H,16H2,1H3,(H,17,19). The first-order valence-corrected chi connectivity index (χ1v) is 5.64. The number of carbonyl (C=O) groups is 1. The first-order valence-electron chi connectivity index (χ1n) is 5.64. The minimum absolute atomic E-state index is 0.163. The van der Waals surface area contributed by atoms with Gasteiger partial charge in [-0.3, -0.25) is 4.79 Å². The second-order valence-electron chi connectivity index (χ2n) is 4.14. The Morgan fingerprint density at radius 3 is 2.74 bits per heavy atom. The summed E-state index contributed by atoms with van der Waals surface area (Å²) in [4.78, 5) is 12.0. The highest BCUT2D eigenvalue weighted by Crippen LogP contribution is 2.22. The number of phenols is 1. The maximum absolute atomic E-state index is 13.3. The summed E-state index contributed by atoms with van der Waals surface area (Å²) in [7, 11) is 0. The van der Waals surface area contributed by atoms with Gasteiger partial charge in [0.25, 0.3) is 5.91 Å². The maximum Gasteiger partial charge on any atom is 0.255 e. The van der Waals surface area contributed by atoms with Crippen molar-refractivity contribution in [3.63, 3.8) is 0 Å². The Morgan fingerprint density at radius 2 is 2.05 bits per heavy atom. The van der Waals surface area contributed by atoms with E-state index in [0.717, 1.165) is 0 Å². The summed E-state index contributed by atoms with van der Waals surface area (Å²) in [5, 5.41) is 12.0. The molecule has 0 heterocycles. The van der Waals surface area contributed by atoms with Crippen LogP contribution in [0.1, 0.15) is 15.9 Å². The molecular formula is C14H13FN2O2. The fourth-order valence-electron chi connectivity index (χ4n) is 1.62. The van der Waals surface area contributed by atoms with Crippen molar-refractivity contribution in [1.82, 2.24) is 0 Å². The molecule has 0 aliphatic rings. The van der Waals surface area contributed by atoms with Gasteiger partial charge in [0.15, 0.2) is 0 Å². The third-order valence-corrected chi connectivity index (χ3v) is 2.81. The summed E-state index contributed by atoms with van der Waals surface area (Å²) in [6, 6.07) is 8.62. The minimum atomic E-state index is -0.441. The van der Waals surface area contributed by atoms with Crippen molar-refractivity contribution in [1.29, 1.82) is 0 Å². The van der Waals surface area contributed by atoms with Crippen LogP contribution in [0.5, 0.6) is 5.75 Å². The zero-order valence-corrected chi connectivity index (χ0v) is 10.3.